The van der Waals surface area contributed by atoms with E-state index in [1.807, 2.05) is 55.5 Å². The van der Waals surface area contributed by atoms with E-state index in [1.165, 1.54) is 13.3 Å². The van der Waals surface area contributed by atoms with Gasteiger partial charge >= 0.3 is 0 Å². The largest absolute Gasteiger partial charge is 0.493 e. The summed E-state index contributed by atoms with van der Waals surface area (Å²) >= 11 is 6.31. The van der Waals surface area contributed by atoms with Crippen molar-refractivity contribution in [3.05, 3.63) is 118 Å². The maximum absolute atomic E-state index is 12.6. The van der Waals surface area contributed by atoms with Gasteiger partial charge in [0.1, 0.15) is 12.4 Å². The third-order valence-corrected chi connectivity index (χ3v) is 5.95. The van der Waals surface area contributed by atoms with E-state index in [4.69, 9.17) is 25.8 Å². The van der Waals surface area contributed by atoms with Crippen molar-refractivity contribution in [2.75, 3.05) is 19.0 Å². The Morgan fingerprint density at radius 2 is 1.68 bits per heavy atom. The van der Waals surface area contributed by atoms with Gasteiger partial charge in [0.25, 0.3) is 11.8 Å². The lowest BCUT2D eigenvalue weighted by Gasteiger charge is -2.12. The average molecular weight is 558 g/mol. The smallest absolute Gasteiger partial charge is 0.271 e. The Morgan fingerprint density at radius 1 is 0.875 bits per heavy atom. The van der Waals surface area contributed by atoms with E-state index in [1.54, 1.807) is 42.5 Å². The summed E-state index contributed by atoms with van der Waals surface area (Å²) in [5.41, 5.74) is 6.22. The summed E-state index contributed by atoms with van der Waals surface area (Å²) in [5, 5.41) is 7.09. The third kappa shape index (κ3) is 8.09. The molecule has 4 aromatic carbocycles. The number of halogens is 1. The summed E-state index contributed by atoms with van der Waals surface area (Å²) in [7, 11) is 1.51. The van der Waals surface area contributed by atoms with Crippen LogP contribution in [0.1, 0.15) is 27.0 Å². The number of ether oxygens (including phenoxy) is 3. The number of nitrogens with zero attached hydrogens (tertiary/aromatic N) is 1. The van der Waals surface area contributed by atoms with Gasteiger partial charge in [0.2, 0.25) is 0 Å². The highest BCUT2D eigenvalue weighted by Crippen LogP contribution is 2.29. The highest BCUT2D eigenvalue weighted by Gasteiger charge is 2.12. The van der Waals surface area contributed by atoms with E-state index in [0.717, 1.165) is 11.1 Å². The molecule has 204 valence electrons. The second kappa shape index (κ2) is 13.8. The first-order chi connectivity index (χ1) is 19.4. The van der Waals surface area contributed by atoms with Crippen LogP contribution in [0, 0.1) is 6.92 Å². The lowest BCUT2D eigenvalue weighted by molar-refractivity contribution is -0.118. The molecule has 0 atom stereocenters. The zero-order chi connectivity index (χ0) is 28.3. The van der Waals surface area contributed by atoms with Gasteiger partial charge in [0, 0.05) is 11.3 Å². The maximum atomic E-state index is 12.6. The Balaban J connectivity index is 1.29. The van der Waals surface area contributed by atoms with Crippen molar-refractivity contribution in [2.24, 2.45) is 5.10 Å². The van der Waals surface area contributed by atoms with Crippen LogP contribution >= 0.6 is 11.6 Å². The predicted molar refractivity (Wildman–Crippen MR) is 156 cm³/mol. The first-order valence-electron chi connectivity index (χ1n) is 12.4. The van der Waals surface area contributed by atoms with Gasteiger partial charge in [-0.1, -0.05) is 54.1 Å². The number of rotatable bonds is 11. The first-order valence-corrected chi connectivity index (χ1v) is 12.8. The molecule has 8 nitrogen and oxygen atoms in total. The number of carbonyl (C=O) groups excluding carboxylic acids is 2. The van der Waals surface area contributed by atoms with Crippen LogP contribution in [0.15, 0.2) is 96.1 Å². The Kier molecular flexibility index (Phi) is 9.74. The van der Waals surface area contributed by atoms with Crippen molar-refractivity contribution in [3.8, 4) is 17.2 Å². The van der Waals surface area contributed by atoms with Crippen LogP contribution in [0.3, 0.4) is 0 Å². The van der Waals surface area contributed by atoms with Crippen LogP contribution in [0.4, 0.5) is 5.69 Å². The van der Waals surface area contributed by atoms with Gasteiger partial charge in [-0.2, -0.15) is 5.10 Å². The number of amides is 2. The number of hydrogen-bond donors (Lipinski definition) is 2. The van der Waals surface area contributed by atoms with Crippen LogP contribution < -0.4 is 25.0 Å². The van der Waals surface area contributed by atoms with Crippen molar-refractivity contribution in [2.45, 2.75) is 13.5 Å². The number of hydrogen-bond acceptors (Lipinski definition) is 6. The molecule has 0 aliphatic rings. The molecule has 2 amide bonds. The quantitative estimate of drug-likeness (QED) is 0.174. The summed E-state index contributed by atoms with van der Waals surface area (Å²) in [6.45, 7) is 2.12. The van der Waals surface area contributed by atoms with E-state index >= 15 is 0 Å². The topological polar surface area (TPSA) is 98.3 Å². The van der Waals surface area contributed by atoms with Crippen molar-refractivity contribution >= 4 is 35.3 Å². The van der Waals surface area contributed by atoms with Crippen LogP contribution in [0.25, 0.3) is 0 Å². The van der Waals surface area contributed by atoms with Gasteiger partial charge in [-0.3, -0.25) is 9.59 Å². The van der Waals surface area contributed by atoms with Gasteiger partial charge in [-0.15, -0.1) is 0 Å². The Hall–Kier alpha value is -4.82. The molecule has 0 spiro atoms. The SMILES string of the molecule is COc1cc(C(=O)N/N=C/c2ccc(OCC(=O)Nc3cccc(C)c3)c(Cl)c2)ccc1OCc1ccccc1. The molecular formula is C31H28ClN3O5. The Bertz CT molecular complexity index is 1510. The van der Waals surface area contributed by atoms with Crippen LogP contribution in [-0.2, 0) is 11.4 Å². The third-order valence-electron chi connectivity index (χ3n) is 5.66. The minimum atomic E-state index is -0.421. The molecule has 0 unspecified atom stereocenters. The zero-order valence-corrected chi connectivity index (χ0v) is 22.8. The molecule has 0 radical (unpaired) electrons. The second-order valence-electron chi connectivity index (χ2n) is 8.74. The standard InChI is InChI=1S/C31H28ClN3O5/c1-21-7-6-10-25(15-21)34-30(36)20-40-27-13-11-23(16-26(27)32)18-33-35-31(37)24-12-14-28(29(17-24)38-2)39-19-22-8-4-3-5-9-22/h3-18H,19-20H2,1-2H3,(H,34,36)(H,35,37)/b33-18+. The van der Waals surface area contributed by atoms with Crippen molar-refractivity contribution in [3.63, 3.8) is 0 Å². The summed E-state index contributed by atoms with van der Waals surface area (Å²) in [6.07, 6.45) is 1.45. The average Bonchev–Trinajstić information content (AvgIpc) is 2.96. The molecule has 9 heteroatoms. The molecule has 0 aromatic heterocycles. The number of aryl methyl sites for hydroxylation is 1. The Labute approximate surface area is 237 Å². The molecule has 0 aliphatic heterocycles. The van der Waals surface area contributed by atoms with Crippen LogP contribution in [0.5, 0.6) is 17.2 Å². The van der Waals surface area contributed by atoms with Crippen LogP contribution in [-0.4, -0.2) is 31.7 Å². The lowest BCUT2D eigenvalue weighted by atomic mass is 10.2. The van der Waals surface area contributed by atoms with Crippen LogP contribution in [0.2, 0.25) is 5.02 Å². The molecule has 4 rings (SSSR count). The molecule has 0 fully saturated rings. The minimum absolute atomic E-state index is 0.198. The van der Waals surface area contributed by atoms with E-state index < -0.39 is 5.91 Å². The molecule has 0 saturated carbocycles. The van der Waals surface area contributed by atoms with E-state index in [-0.39, 0.29) is 12.5 Å². The van der Waals surface area contributed by atoms with E-state index in [2.05, 4.69) is 15.8 Å². The lowest BCUT2D eigenvalue weighted by Crippen LogP contribution is -2.20. The zero-order valence-electron chi connectivity index (χ0n) is 22.0. The molecule has 0 heterocycles. The molecule has 4 aromatic rings. The fourth-order valence-electron chi connectivity index (χ4n) is 3.67. The minimum Gasteiger partial charge on any atom is -0.493 e. The summed E-state index contributed by atoms with van der Waals surface area (Å²) < 4.78 is 16.8. The van der Waals surface area contributed by atoms with Crippen molar-refractivity contribution in [1.82, 2.24) is 5.43 Å². The molecular weight excluding hydrogens is 530 g/mol. The molecule has 0 aliphatic carbocycles. The van der Waals surface area contributed by atoms with Gasteiger partial charge in [0.15, 0.2) is 18.1 Å². The highest BCUT2D eigenvalue weighted by atomic mass is 35.5. The number of hydrazone groups is 1. The normalized spacial score (nSPS) is 10.7. The summed E-state index contributed by atoms with van der Waals surface area (Å²) in [6, 6.07) is 27.1. The molecule has 0 saturated heterocycles. The summed E-state index contributed by atoms with van der Waals surface area (Å²) in [5.74, 6) is 0.583. The van der Waals surface area contributed by atoms with Gasteiger partial charge in [-0.05, 0) is 72.1 Å². The van der Waals surface area contributed by atoms with Crippen molar-refractivity contribution < 1.29 is 23.8 Å². The fraction of sp³-hybridized carbons (Fsp3) is 0.129. The maximum Gasteiger partial charge on any atom is 0.271 e. The number of carbonyl (C=O) groups is 2. The van der Waals surface area contributed by atoms with Gasteiger partial charge in [-0.25, -0.2) is 5.43 Å². The molecule has 0 bridgehead atoms. The van der Waals surface area contributed by atoms with E-state index in [0.29, 0.717) is 45.7 Å². The van der Waals surface area contributed by atoms with Gasteiger partial charge in [0.05, 0.1) is 18.3 Å². The second-order valence-corrected chi connectivity index (χ2v) is 9.14. The number of nitrogens with one attached hydrogen (secondary N) is 2. The number of anilines is 1. The molecule has 2 N–H and O–H groups in total. The Morgan fingerprint density at radius 3 is 2.42 bits per heavy atom. The first kappa shape index (κ1) is 28.2. The molecule has 40 heavy (non-hydrogen) atoms. The fourth-order valence-corrected chi connectivity index (χ4v) is 3.91. The highest BCUT2D eigenvalue weighted by molar-refractivity contribution is 6.32. The number of methoxy groups -OCH3 is 1. The monoisotopic (exact) mass is 557 g/mol. The summed E-state index contributed by atoms with van der Waals surface area (Å²) in [4.78, 5) is 24.8. The predicted octanol–water partition coefficient (Wildman–Crippen LogP) is 6.02. The number of benzene rings is 4. The van der Waals surface area contributed by atoms with Crippen molar-refractivity contribution in [1.29, 1.82) is 0 Å². The van der Waals surface area contributed by atoms with E-state index in [9.17, 15) is 9.59 Å². The van der Waals surface area contributed by atoms with Gasteiger partial charge < -0.3 is 19.5 Å².